The molecule has 1 rings (SSSR count). The van der Waals surface area contributed by atoms with Crippen LogP contribution in [0.2, 0.25) is 0 Å². The van der Waals surface area contributed by atoms with Crippen molar-refractivity contribution in [2.75, 3.05) is 6.54 Å². The van der Waals surface area contributed by atoms with E-state index in [-0.39, 0.29) is 0 Å². The minimum atomic E-state index is 0.853. The van der Waals surface area contributed by atoms with Crippen LogP contribution in [0, 0.1) is 11.8 Å². The first-order valence-corrected chi connectivity index (χ1v) is 7.97. The quantitative estimate of drug-likeness (QED) is 0.513. The van der Waals surface area contributed by atoms with E-state index in [2.05, 4.69) is 26.1 Å². The van der Waals surface area contributed by atoms with E-state index in [1.165, 1.54) is 64.3 Å². The monoisotopic (exact) mass is 239 g/mol. The fraction of sp³-hybridized carbons (Fsp3) is 1.00. The Balaban J connectivity index is 1.89. The fourth-order valence-corrected chi connectivity index (χ4v) is 2.37. The largest absolute Gasteiger partial charge is 0.314 e. The molecule has 17 heavy (non-hydrogen) atoms. The molecular formula is C16H33N. The zero-order valence-corrected chi connectivity index (χ0v) is 12.3. The Morgan fingerprint density at radius 2 is 1.59 bits per heavy atom. The summed E-state index contributed by atoms with van der Waals surface area (Å²) in [5, 5.41) is 3.66. The molecule has 0 heterocycles. The highest BCUT2D eigenvalue weighted by Crippen LogP contribution is 2.22. The molecule has 0 aromatic carbocycles. The number of hydrogen-bond donors (Lipinski definition) is 1. The predicted molar refractivity (Wildman–Crippen MR) is 77.3 cm³/mol. The van der Waals surface area contributed by atoms with Crippen molar-refractivity contribution < 1.29 is 0 Å². The summed E-state index contributed by atoms with van der Waals surface area (Å²) in [6.07, 6.45) is 12.8. The van der Waals surface area contributed by atoms with Crippen LogP contribution in [0.5, 0.6) is 0 Å². The molecule has 0 aromatic rings. The normalized spacial score (nSPS) is 19.2. The molecule has 1 nitrogen and oxygen atoms in total. The maximum atomic E-state index is 3.66. The summed E-state index contributed by atoms with van der Waals surface area (Å²) in [6.45, 7) is 8.38. The molecule has 2 unspecified atom stereocenters. The van der Waals surface area contributed by atoms with Gasteiger partial charge in [0.1, 0.15) is 0 Å². The van der Waals surface area contributed by atoms with Crippen molar-refractivity contribution in [3.8, 4) is 0 Å². The zero-order chi connectivity index (χ0) is 12.5. The van der Waals surface area contributed by atoms with Gasteiger partial charge in [0.15, 0.2) is 0 Å². The lowest BCUT2D eigenvalue weighted by atomic mass is 9.90. The molecule has 0 aromatic heterocycles. The van der Waals surface area contributed by atoms with Gasteiger partial charge in [-0.25, -0.2) is 0 Å². The van der Waals surface area contributed by atoms with Crippen molar-refractivity contribution in [1.29, 1.82) is 0 Å². The second-order valence-electron chi connectivity index (χ2n) is 6.19. The van der Waals surface area contributed by atoms with Gasteiger partial charge in [-0.05, 0) is 31.2 Å². The van der Waals surface area contributed by atoms with Gasteiger partial charge in [0.25, 0.3) is 0 Å². The molecule has 1 fully saturated rings. The molecule has 0 bridgehead atoms. The SMILES string of the molecule is CCCCCCCCC(C)C(C)CNC1CC1. The van der Waals surface area contributed by atoms with Gasteiger partial charge in [0, 0.05) is 6.04 Å². The highest BCUT2D eigenvalue weighted by molar-refractivity contribution is 4.81. The van der Waals surface area contributed by atoms with Gasteiger partial charge < -0.3 is 5.32 Å². The van der Waals surface area contributed by atoms with Crippen LogP contribution in [0.3, 0.4) is 0 Å². The van der Waals surface area contributed by atoms with E-state index in [9.17, 15) is 0 Å². The van der Waals surface area contributed by atoms with Gasteiger partial charge in [-0.3, -0.25) is 0 Å². The Morgan fingerprint density at radius 3 is 2.24 bits per heavy atom. The van der Waals surface area contributed by atoms with Gasteiger partial charge >= 0.3 is 0 Å². The molecule has 0 spiro atoms. The second kappa shape index (κ2) is 8.97. The summed E-state index contributed by atoms with van der Waals surface area (Å²) >= 11 is 0. The van der Waals surface area contributed by atoms with Crippen LogP contribution in [0.4, 0.5) is 0 Å². The van der Waals surface area contributed by atoms with Crippen LogP contribution in [0.1, 0.15) is 78.6 Å². The van der Waals surface area contributed by atoms with Gasteiger partial charge in [0.2, 0.25) is 0 Å². The average Bonchev–Trinajstić information content (AvgIpc) is 3.14. The van der Waals surface area contributed by atoms with E-state index in [1.54, 1.807) is 0 Å². The van der Waals surface area contributed by atoms with Crippen molar-refractivity contribution in [2.45, 2.75) is 84.6 Å². The van der Waals surface area contributed by atoms with E-state index >= 15 is 0 Å². The van der Waals surface area contributed by atoms with E-state index < -0.39 is 0 Å². The number of rotatable bonds is 11. The molecule has 1 aliphatic rings. The molecule has 1 heteroatoms. The Labute approximate surface area is 109 Å². The van der Waals surface area contributed by atoms with E-state index in [0.717, 1.165) is 17.9 Å². The van der Waals surface area contributed by atoms with Crippen molar-refractivity contribution in [2.24, 2.45) is 11.8 Å². The predicted octanol–water partition coefficient (Wildman–Crippen LogP) is 4.76. The number of unbranched alkanes of at least 4 members (excludes halogenated alkanes) is 5. The smallest absolute Gasteiger partial charge is 0.00683 e. The van der Waals surface area contributed by atoms with Gasteiger partial charge in [-0.2, -0.15) is 0 Å². The third-order valence-corrected chi connectivity index (χ3v) is 4.29. The lowest BCUT2D eigenvalue weighted by Crippen LogP contribution is -2.26. The summed E-state index contributed by atoms with van der Waals surface area (Å²) in [7, 11) is 0. The molecule has 102 valence electrons. The van der Waals surface area contributed by atoms with E-state index in [0.29, 0.717) is 0 Å². The molecule has 2 atom stereocenters. The number of hydrogen-bond acceptors (Lipinski definition) is 1. The maximum Gasteiger partial charge on any atom is 0.00683 e. The summed E-state index contributed by atoms with van der Waals surface area (Å²) in [6, 6.07) is 0.874. The minimum absolute atomic E-state index is 0.853. The van der Waals surface area contributed by atoms with Crippen molar-refractivity contribution in [3.63, 3.8) is 0 Å². The average molecular weight is 239 g/mol. The van der Waals surface area contributed by atoms with Gasteiger partial charge in [-0.1, -0.05) is 65.7 Å². The molecule has 0 amide bonds. The Hall–Kier alpha value is -0.0400. The van der Waals surface area contributed by atoms with E-state index in [4.69, 9.17) is 0 Å². The lowest BCUT2D eigenvalue weighted by molar-refractivity contribution is 0.335. The van der Waals surface area contributed by atoms with Crippen LogP contribution in [-0.4, -0.2) is 12.6 Å². The van der Waals surface area contributed by atoms with Gasteiger partial charge in [-0.15, -0.1) is 0 Å². The first-order valence-electron chi connectivity index (χ1n) is 7.97. The van der Waals surface area contributed by atoms with Crippen LogP contribution >= 0.6 is 0 Å². The number of nitrogens with one attached hydrogen (secondary N) is 1. The molecule has 0 radical (unpaired) electrons. The summed E-state index contributed by atoms with van der Waals surface area (Å²) in [4.78, 5) is 0. The fourth-order valence-electron chi connectivity index (χ4n) is 2.37. The van der Waals surface area contributed by atoms with E-state index in [1.807, 2.05) is 0 Å². The maximum absolute atomic E-state index is 3.66. The summed E-state index contributed by atoms with van der Waals surface area (Å²) < 4.78 is 0. The topological polar surface area (TPSA) is 12.0 Å². The molecule has 1 aliphatic carbocycles. The van der Waals surface area contributed by atoms with Crippen LogP contribution in [0.15, 0.2) is 0 Å². The first kappa shape index (κ1) is 15.0. The molecule has 0 saturated heterocycles. The van der Waals surface area contributed by atoms with Crippen molar-refractivity contribution in [1.82, 2.24) is 5.32 Å². The van der Waals surface area contributed by atoms with Crippen LogP contribution < -0.4 is 5.32 Å². The summed E-state index contributed by atoms with van der Waals surface area (Å²) in [5.74, 6) is 1.75. The standard InChI is InChI=1S/C16H33N/c1-4-5-6-7-8-9-10-14(2)15(3)13-17-16-11-12-16/h14-17H,4-13H2,1-3H3. The highest BCUT2D eigenvalue weighted by atomic mass is 14.9. The third-order valence-electron chi connectivity index (χ3n) is 4.29. The molecular weight excluding hydrogens is 206 g/mol. The third kappa shape index (κ3) is 7.81. The second-order valence-corrected chi connectivity index (χ2v) is 6.19. The zero-order valence-electron chi connectivity index (χ0n) is 12.3. The van der Waals surface area contributed by atoms with Crippen LogP contribution in [-0.2, 0) is 0 Å². The Morgan fingerprint density at radius 1 is 0.941 bits per heavy atom. The molecule has 1 saturated carbocycles. The highest BCUT2D eigenvalue weighted by Gasteiger charge is 2.22. The summed E-state index contributed by atoms with van der Waals surface area (Å²) in [5.41, 5.74) is 0. The minimum Gasteiger partial charge on any atom is -0.314 e. The van der Waals surface area contributed by atoms with Gasteiger partial charge in [0.05, 0.1) is 0 Å². The van der Waals surface area contributed by atoms with Crippen molar-refractivity contribution >= 4 is 0 Å². The first-order chi connectivity index (χ1) is 8.24. The van der Waals surface area contributed by atoms with Crippen LogP contribution in [0.25, 0.3) is 0 Å². The lowest BCUT2D eigenvalue weighted by Gasteiger charge is -2.20. The molecule has 1 N–H and O–H groups in total. The molecule has 0 aliphatic heterocycles. The van der Waals surface area contributed by atoms with Crippen molar-refractivity contribution in [3.05, 3.63) is 0 Å². The Bertz CT molecular complexity index is 174. The Kier molecular flexibility index (Phi) is 7.92.